The summed E-state index contributed by atoms with van der Waals surface area (Å²) in [5.74, 6) is 0.748. The van der Waals surface area contributed by atoms with Crippen LogP contribution in [-0.2, 0) is 16.1 Å². The molecule has 7 heteroatoms. The summed E-state index contributed by atoms with van der Waals surface area (Å²) in [6, 6.07) is 14.8. The zero-order chi connectivity index (χ0) is 23.6. The lowest BCUT2D eigenvalue weighted by Crippen LogP contribution is -2.50. The first-order valence-corrected chi connectivity index (χ1v) is 13.4. The highest BCUT2D eigenvalue weighted by molar-refractivity contribution is 7.99. The van der Waals surface area contributed by atoms with Crippen LogP contribution in [0.15, 0.2) is 53.4 Å². The molecule has 4 nitrogen and oxygen atoms in total. The normalized spacial score (nSPS) is 15.1. The van der Waals surface area contributed by atoms with E-state index < -0.39 is 6.04 Å². The van der Waals surface area contributed by atoms with E-state index in [1.807, 2.05) is 55.5 Å². The molecular weight excluding hydrogens is 475 g/mol. The summed E-state index contributed by atoms with van der Waals surface area (Å²) in [5, 5.41) is 4.54. The fourth-order valence-corrected chi connectivity index (χ4v) is 5.13. The molecule has 33 heavy (non-hydrogen) atoms. The Bertz CT molecular complexity index is 900. The fourth-order valence-electron chi connectivity index (χ4n) is 4.03. The molecule has 0 spiro atoms. The van der Waals surface area contributed by atoms with Crippen molar-refractivity contribution in [2.75, 3.05) is 5.75 Å². The van der Waals surface area contributed by atoms with Crippen molar-refractivity contribution in [2.24, 2.45) is 0 Å². The number of nitrogens with zero attached hydrogens (tertiary/aromatic N) is 1. The lowest BCUT2D eigenvalue weighted by molar-refractivity contribution is -0.141. The Labute approximate surface area is 211 Å². The zero-order valence-corrected chi connectivity index (χ0v) is 21.4. The van der Waals surface area contributed by atoms with Gasteiger partial charge in [0.2, 0.25) is 11.8 Å². The number of thioether (sulfide) groups is 1. The number of hydrogen-bond acceptors (Lipinski definition) is 3. The molecule has 1 atom stereocenters. The molecule has 0 aromatic heterocycles. The maximum Gasteiger partial charge on any atom is 0.242 e. The Morgan fingerprint density at radius 3 is 2.24 bits per heavy atom. The van der Waals surface area contributed by atoms with Gasteiger partial charge in [-0.1, -0.05) is 54.6 Å². The predicted molar refractivity (Wildman–Crippen MR) is 138 cm³/mol. The molecule has 2 amide bonds. The molecule has 0 radical (unpaired) electrons. The minimum Gasteiger partial charge on any atom is -0.352 e. The van der Waals surface area contributed by atoms with E-state index in [0.717, 1.165) is 48.3 Å². The summed E-state index contributed by atoms with van der Waals surface area (Å²) in [7, 11) is 0. The summed E-state index contributed by atoms with van der Waals surface area (Å²) >= 11 is 13.7. The maximum absolute atomic E-state index is 13.2. The van der Waals surface area contributed by atoms with Crippen LogP contribution in [0.5, 0.6) is 0 Å². The van der Waals surface area contributed by atoms with Gasteiger partial charge in [-0.25, -0.2) is 0 Å². The van der Waals surface area contributed by atoms with Crippen LogP contribution >= 0.6 is 35.0 Å². The molecule has 1 aliphatic rings. The molecule has 1 saturated carbocycles. The van der Waals surface area contributed by atoms with Gasteiger partial charge in [0, 0.05) is 33.9 Å². The molecule has 1 aliphatic carbocycles. The van der Waals surface area contributed by atoms with Gasteiger partial charge in [-0.2, -0.15) is 0 Å². The van der Waals surface area contributed by atoms with E-state index in [0.29, 0.717) is 23.0 Å². The first-order chi connectivity index (χ1) is 15.9. The van der Waals surface area contributed by atoms with Crippen LogP contribution < -0.4 is 5.32 Å². The van der Waals surface area contributed by atoms with Gasteiger partial charge in [0.05, 0.1) is 0 Å². The predicted octanol–water partition coefficient (Wildman–Crippen LogP) is 6.73. The SMILES string of the molecule is C[C@H](C(=O)NC1CCCCC1)N(Cc1ccc(Cl)cc1)C(=O)CCCSc1ccc(Cl)cc1. The van der Waals surface area contributed by atoms with Crippen molar-refractivity contribution in [3.05, 3.63) is 64.1 Å². The molecular formula is C26H32Cl2N2O2S. The third-order valence-corrected chi connectivity index (χ3v) is 7.60. The number of benzene rings is 2. The van der Waals surface area contributed by atoms with E-state index >= 15 is 0 Å². The van der Waals surface area contributed by atoms with Crippen molar-refractivity contribution < 1.29 is 9.59 Å². The molecule has 0 aliphatic heterocycles. The Morgan fingerprint density at radius 2 is 1.61 bits per heavy atom. The quantitative estimate of drug-likeness (QED) is 0.287. The van der Waals surface area contributed by atoms with Crippen LogP contribution in [0.4, 0.5) is 0 Å². The lowest BCUT2D eigenvalue weighted by Gasteiger charge is -2.31. The van der Waals surface area contributed by atoms with Crippen molar-refractivity contribution in [1.29, 1.82) is 0 Å². The van der Waals surface area contributed by atoms with Crippen LogP contribution in [0.1, 0.15) is 57.4 Å². The van der Waals surface area contributed by atoms with E-state index in [9.17, 15) is 9.59 Å². The van der Waals surface area contributed by atoms with E-state index in [4.69, 9.17) is 23.2 Å². The molecule has 2 aromatic carbocycles. The van der Waals surface area contributed by atoms with E-state index in [2.05, 4.69) is 5.32 Å². The van der Waals surface area contributed by atoms with Gasteiger partial charge >= 0.3 is 0 Å². The lowest BCUT2D eigenvalue weighted by atomic mass is 9.95. The standard InChI is InChI=1S/C26H32Cl2N2O2S/c1-19(26(32)29-23-6-3-2-4-7-23)30(18-20-9-11-21(27)12-10-20)25(31)8-5-17-33-24-15-13-22(28)14-16-24/h9-16,19,23H,2-8,17-18H2,1H3,(H,29,32)/t19-/m1/s1. The second kappa shape index (κ2) is 13.3. The Hall–Kier alpha value is -1.69. The number of halogens is 2. The van der Waals surface area contributed by atoms with Crippen LogP contribution in [0.3, 0.4) is 0 Å². The number of amides is 2. The Kier molecular flexibility index (Phi) is 10.4. The summed E-state index contributed by atoms with van der Waals surface area (Å²) < 4.78 is 0. The topological polar surface area (TPSA) is 49.4 Å². The minimum atomic E-state index is -0.529. The molecule has 3 rings (SSSR count). The Balaban J connectivity index is 1.59. The minimum absolute atomic E-state index is 0.00653. The summed E-state index contributed by atoms with van der Waals surface area (Å²) in [5.41, 5.74) is 0.959. The molecule has 0 unspecified atom stereocenters. The molecule has 1 N–H and O–H groups in total. The monoisotopic (exact) mass is 506 g/mol. The molecule has 0 heterocycles. The zero-order valence-electron chi connectivity index (χ0n) is 19.1. The summed E-state index contributed by atoms with van der Waals surface area (Å²) in [6.45, 7) is 2.22. The second-order valence-corrected chi connectivity index (χ2v) is 10.6. The van der Waals surface area contributed by atoms with Crippen molar-refractivity contribution in [1.82, 2.24) is 10.2 Å². The third-order valence-electron chi connectivity index (χ3n) is 6.00. The number of nitrogens with one attached hydrogen (secondary N) is 1. The highest BCUT2D eigenvalue weighted by Crippen LogP contribution is 2.23. The van der Waals surface area contributed by atoms with Gasteiger partial charge in [0.15, 0.2) is 0 Å². The molecule has 0 bridgehead atoms. The largest absolute Gasteiger partial charge is 0.352 e. The van der Waals surface area contributed by atoms with Crippen molar-refractivity contribution >= 4 is 46.8 Å². The number of rotatable bonds is 10. The van der Waals surface area contributed by atoms with Gasteiger partial charge in [-0.05, 0) is 73.9 Å². The average Bonchev–Trinajstić information content (AvgIpc) is 2.82. The summed E-state index contributed by atoms with van der Waals surface area (Å²) in [6.07, 6.45) is 6.71. The molecule has 178 valence electrons. The average molecular weight is 508 g/mol. The number of hydrogen-bond donors (Lipinski definition) is 1. The smallest absolute Gasteiger partial charge is 0.242 e. The second-order valence-electron chi connectivity index (χ2n) is 8.57. The first kappa shape index (κ1) is 25.9. The van der Waals surface area contributed by atoms with Crippen LogP contribution in [0, 0.1) is 0 Å². The first-order valence-electron chi connectivity index (χ1n) is 11.6. The Morgan fingerprint density at radius 1 is 1.00 bits per heavy atom. The van der Waals surface area contributed by atoms with Crippen molar-refractivity contribution in [3.63, 3.8) is 0 Å². The van der Waals surface area contributed by atoms with Gasteiger partial charge in [-0.3, -0.25) is 9.59 Å². The summed E-state index contributed by atoms with van der Waals surface area (Å²) in [4.78, 5) is 29.0. The van der Waals surface area contributed by atoms with Gasteiger partial charge in [-0.15, -0.1) is 11.8 Å². The highest BCUT2D eigenvalue weighted by Gasteiger charge is 2.27. The van der Waals surface area contributed by atoms with Crippen LogP contribution in [0.2, 0.25) is 10.0 Å². The molecule has 1 fully saturated rings. The van der Waals surface area contributed by atoms with Gasteiger partial charge in [0.1, 0.15) is 6.04 Å². The number of carbonyl (C=O) groups excluding carboxylic acids is 2. The van der Waals surface area contributed by atoms with Gasteiger partial charge in [0.25, 0.3) is 0 Å². The maximum atomic E-state index is 13.2. The highest BCUT2D eigenvalue weighted by atomic mass is 35.5. The van der Waals surface area contributed by atoms with E-state index in [1.54, 1.807) is 16.7 Å². The van der Waals surface area contributed by atoms with Gasteiger partial charge < -0.3 is 10.2 Å². The fraction of sp³-hybridized carbons (Fsp3) is 0.462. The number of carbonyl (C=O) groups is 2. The molecule has 0 saturated heterocycles. The third kappa shape index (κ3) is 8.55. The molecule has 2 aromatic rings. The van der Waals surface area contributed by atoms with Crippen LogP contribution in [0.25, 0.3) is 0 Å². The van der Waals surface area contributed by atoms with Crippen molar-refractivity contribution in [3.8, 4) is 0 Å². The van der Waals surface area contributed by atoms with Crippen LogP contribution in [-0.4, -0.2) is 34.6 Å². The van der Waals surface area contributed by atoms with Crippen molar-refractivity contribution in [2.45, 2.75) is 75.4 Å². The van der Waals surface area contributed by atoms with E-state index in [-0.39, 0.29) is 17.9 Å². The van der Waals surface area contributed by atoms with E-state index in [1.165, 1.54) is 6.42 Å².